The van der Waals surface area contributed by atoms with Gasteiger partial charge in [0, 0.05) is 26.2 Å². The van der Waals surface area contributed by atoms with Crippen LogP contribution in [0.3, 0.4) is 0 Å². The van der Waals surface area contributed by atoms with E-state index in [0.717, 1.165) is 19.4 Å². The van der Waals surface area contributed by atoms with Crippen LogP contribution in [0.2, 0.25) is 0 Å². The highest BCUT2D eigenvalue weighted by molar-refractivity contribution is 5.77. The molecule has 1 saturated heterocycles. The molecule has 100 valence electrons. The Hall–Kier alpha value is -1.52. The van der Waals surface area contributed by atoms with Gasteiger partial charge >= 0.3 is 12.0 Å². The first-order valence-corrected chi connectivity index (χ1v) is 6.50. The molecule has 0 saturated carbocycles. The predicted octanol–water partition coefficient (Wildman–Crippen LogP) is 1.56. The number of hydrogen-bond acceptors (Lipinski definition) is 2. The van der Waals surface area contributed by atoms with Gasteiger partial charge in [-0.1, -0.05) is 11.6 Å². The molecular weight excluding hydrogens is 232 g/mol. The van der Waals surface area contributed by atoms with E-state index in [-0.39, 0.29) is 6.03 Å². The van der Waals surface area contributed by atoms with Crippen molar-refractivity contribution in [2.75, 3.05) is 26.2 Å². The van der Waals surface area contributed by atoms with Crippen molar-refractivity contribution in [1.82, 2.24) is 9.80 Å². The number of carboxylic acids is 1. The van der Waals surface area contributed by atoms with E-state index in [2.05, 4.69) is 6.08 Å². The van der Waals surface area contributed by atoms with Gasteiger partial charge in [-0.15, -0.1) is 0 Å². The lowest BCUT2D eigenvalue weighted by atomic mass is 9.98. The monoisotopic (exact) mass is 252 g/mol. The van der Waals surface area contributed by atoms with E-state index in [1.165, 1.54) is 5.57 Å². The standard InChI is InChI=1S/C13H20N2O3/c1-10-4-2-6-14(8-10)13(18)15-7-3-5-11(9-15)12(16)17/h4,11H,2-3,5-9H2,1H3,(H,16,17). The zero-order valence-electron chi connectivity index (χ0n) is 10.8. The van der Waals surface area contributed by atoms with Crippen molar-refractivity contribution in [1.29, 1.82) is 0 Å². The smallest absolute Gasteiger partial charge is 0.320 e. The Morgan fingerprint density at radius 3 is 2.78 bits per heavy atom. The number of likely N-dealkylation sites (tertiary alicyclic amines) is 1. The summed E-state index contributed by atoms with van der Waals surface area (Å²) < 4.78 is 0. The first-order valence-electron chi connectivity index (χ1n) is 6.50. The lowest BCUT2D eigenvalue weighted by Crippen LogP contribution is -2.50. The summed E-state index contributed by atoms with van der Waals surface area (Å²) in [6.45, 7) is 4.47. The average Bonchev–Trinajstić information content (AvgIpc) is 2.38. The number of carboxylic acid groups (broad SMARTS) is 1. The second-order valence-electron chi connectivity index (χ2n) is 5.17. The number of rotatable bonds is 1. The van der Waals surface area contributed by atoms with Gasteiger partial charge in [-0.05, 0) is 26.2 Å². The van der Waals surface area contributed by atoms with Gasteiger partial charge in [0.25, 0.3) is 0 Å². The normalized spacial score (nSPS) is 24.7. The van der Waals surface area contributed by atoms with Crippen molar-refractivity contribution >= 4 is 12.0 Å². The Labute approximate surface area is 107 Å². The molecule has 0 aromatic rings. The second kappa shape index (κ2) is 5.42. The molecule has 2 aliphatic heterocycles. The maximum Gasteiger partial charge on any atom is 0.320 e. The van der Waals surface area contributed by atoms with Crippen molar-refractivity contribution < 1.29 is 14.7 Å². The van der Waals surface area contributed by atoms with Crippen LogP contribution < -0.4 is 0 Å². The van der Waals surface area contributed by atoms with Crippen molar-refractivity contribution in [3.63, 3.8) is 0 Å². The molecule has 1 unspecified atom stereocenters. The number of piperidine rings is 1. The zero-order chi connectivity index (χ0) is 13.1. The molecule has 2 amide bonds. The molecule has 5 heteroatoms. The van der Waals surface area contributed by atoms with E-state index in [1.807, 2.05) is 11.8 Å². The minimum atomic E-state index is -0.790. The third-order valence-electron chi connectivity index (χ3n) is 3.64. The summed E-state index contributed by atoms with van der Waals surface area (Å²) in [7, 11) is 0. The molecule has 0 aliphatic carbocycles. The van der Waals surface area contributed by atoms with E-state index < -0.39 is 11.9 Å². The first kappa shape index (κ1) is 12.9. The molecule has 0 spiro atoms. The summed E-state index contributed by atoms with van der Waals surface area (Å²) in [5.74, 6) is -1.19. The summed E-state index contributed by atoms with van der Waals surface area (Å²) >= 11 is 0. The zero-order valence-corrected chi connectivity index (χ0v) is 10.8. The first-order chi connectivity index (χ1) is 8.58. The number of carbonyl (C=O) groups is 2. The van der Waals surface area contributed by atoms with Gasteiger partial charge in [-0.3, -0.25) is 4.79 Å². The molecule has 2 heterocycles. The van der Waals surface area contributed by atoms with E-state index >= 15 is 0 Å². The van der Waals surface area contributed by atoms with E-state index in [0.29, 0.717) is 26.1 Å². The lowest BCUT2D eigenvalue weighted by molar-refractivity contribution is -0.143. The van der Waals surface area contributed by atoms with Gasteiger partial charge < -0.3 is 14.9 Å². The van der Waals surface area contributed by atoms with Crippen LogP contribution in [0.1, 0.15) is 26.2 Å². The molecule has 1 fully saturated rings. The molecule has 0 aromatic heterocycles. The van der Waals surface area contributed by atoms with Gasteiger partial charge in [0.2, 0.25) is 0 Å². The number of hydrogen-bond donors (Lipinski definition) is 1. The SMILES string of the molecule is CC1=CCCN(C(=O)N2CCCC(C(=O)O)C2)C1. The Bertz CT molecular complexity index is 378. The van der Waals surface area contributed by atoms with E-state index in [9.17, 15) is 9.59 Å². The third kappa shape index (κ3) is 2.83. The van der Waals surface area contributed by atoms with Crippen LogP contribution in [0.15, 0.2) is 11.6 Å². The summed E-state index contributed by atoms with van der Waals surface area (Å²) in [6, 6.07) is -0.00611. The molecule has 2 aliphatic rings. The molecule has 2 rings (SSSR count). The molecule has 18 heavy (non-hydrogen) atoms. The number of carbonyl (C=O) groups excluding carboxylic acids is 1. The Morgan fingerprint density at radius 1 is 1.33 bits per heavy atom. The fourth-order valence-electron chi connectivity index (χ4n) is 2.63. The van der Waals surface area contributed by atoms with E-state index in [1.54, 1.807) is 4.90 Å². The highest BCUT2D eigenvalue weighted by atomic mass is 16.4. The number of aliphatic carboxylic acids is 1. The topological polar surface area (TPSA) is 60.9 Å². The molecule has 0 radical (unpaired) electrons. The van der Waals surface area contributed by atoms with Crippen LogP contribution in [-0.4, -0.2) is 53.1 Å². The fourth-order valence-corrected chi connectivity index (χ4v) is 2.63. The van der Waals surface area contributed by atoms with Crippen molar-refractivity contribution in [2.24, 2.45) is 5.92 Å². The van der Waals surface area contributed by atoms with Gasteiger partial charge in [-0.2, -0.15) is 0 Å². The summed E-state index contributed by atoms with van der Waals surface area (Å²) in [6.07, 6.45) is 4.51. The molecule has 1 atom stereocenters. The van der Waals surface area contributed by atoms with Crippen LogP contribution >= 0.6 is 0 Å². The Balaban J connectivity index is 1.96. The van der Waals surface area contributed by atoms with Gasteiger partial charge in [0.1, 0.15) is 0 Å². The van der Waals surface area contributed by atoms with Crippen molar-refractivity contribution in [2.45, 2.75) is 26.2 Å². The summed E-state index contributed by atoms with van der Waals surface area (Å²) in [4.78, 5) is 26.8. The van der Waals surface area contributed by atoms with Crippen LogP contribution in [0.5, 0.6) is 0 Å². The maximum absolute atomic E-state index is 12.3. The number of nitrogens with zero attached hydrogens (tertiary/aromatic N) is 2. The molecule has 0 bridgehead atoms. The molecule has 5 nitrogen and oxygen atoms in total. The Morgan fingerprint density at radius 2 is 2.11 bits per heavy atom. The van der Waals surface area contributed by atoms with Gasteiger partial charge in [-0.25, -0.2) is 4.79 Å². The van der Waals surface area contributed by atoms with Crippen LogP contribution in [-0.2, 0) is 4.79 Å². The van der Waals surface area contributed by atoms with Gasteiger partial charge in [0.05, 0.1) is 5.92 Å². The predicted molar refractivity (Wildman–Crippen MR) is 67.3 cm³/mol. The summed E-state index contributed by atoms with van der Waals surface area (Å²) in [5.41, 5.74) is 1.21. The minimum absolute atomic E-state index is 0.00611. The summed E-state index contributed by atoms with van der Waals surface area (Å²) in [5, 5.41) is 9.03. The van der Waals surface area contributed by atoms with Crippen molar-refractivity contribution in [3.05, 3.63) is 11.6 Å². The van der Waals surface area contributed by atoms with E-state index in [4.69, 9.17) is 5.11 Å². The molecule has 1 N–H and O–H groups in total. The highest BCUT2D eigenvalue weighted by Gasteiger charge is 2.30. The van der Waals surface area contributed by atoms with Crippen LogP contribution in [0.25, 0.3) is 0 Å². The molecule has 0 aromatic carbocycles. The highest BCUT2D eigenvalue weighted by Crippen LogP contribution is 2.19. The number of urea groups is 1. The van der Waals surface area contributed by atoms with Crippen LogP contribution in [0, 0.1) is 5.92 Å². The quantitative estimate of drug-likeness (QED) is 0.720. The van der Waals surface area contributed by atoms with Gasteiger partial charge in [0.15, 0.2) is 0 Å². The van der Waals surface area contributed by atoms with Crippen LogP contribution in [0.4, 0.5) is 4.79 Å². The molecular formula is C13H20N2O3. The maximum atomic E-state index is 12.3. The number of amides is 2. The largest absolute Gasteiger partial charge is 0.481 e. The minimum Gasteiger partial charge on any atom is -0.481 e. The van der Waals surface area contributed by atoms with Crippen molar-refractivity contribution in [3.8, 4) is 0 Å². The average molecular weight is 252 g/mol. The third-order valence-corrected chi connectivity index (χ3v) is 3.64. The lowest BCUT2D eigenvalue weighted by Gasteiger charge is -2.36. The Kier molecular flexibility index (Phi) is 3.89. The fraction of sp³-hybridized carbons (Fsp3) is 0.692. The second-order valence-corrected chi connectivity index (χ2v) is 5.17.